The van der Waals surface area contributed by atoms with Crippen molar-refractivity contribution in [1.29, 1.82) is 0 Å². The molecule has 2 aliphatic heterocycles. The summed E-state index contributed by atoms with van der Waals surface area (Å²) in [4.78, 5) is 12.5. The van der Waals surface area contributed by atoms with E-state index in [9.17, 15) is 9.90 Å². The van der Waals surface area contributed by atoms with Crippen LogP contribution in [0.1, 0.15) is 22.3 Å². The Hall–Kier alpha value is -1.50. The lowest BCUT2D eigenvalue weighted by Crippen LogP contribution is -2.52. The summed E-state index contributed by atoms with van der Waals surface area (Å²) < 4.78 is 5.53. The molecular formula is C14H18ClN3O3. The number of β-amino-alcohol motifs (C(OH)–C–C–N with tert-alkyl or cyclic N) is 1. The molecule has 2 heterocycles. The second-order valence-corrected chi connectivity index (χ2v) is 5.77. The first-order valence-electron chi connectivity index (χ1n) is 7.01. The van der Waals surface area contributed by atoms with Crippen molar-refractivity contribution in [3.8, 4) is 5.75 Å². The first-order chi connectivity index (χ1) is 10.1. The second-order valence-electron chi connectivity index (χ2n) is 5.37. The van der Waals surface area contributed by atoms with E-state index in [1.54, 1.807) is 0 Å². The fraction of sp³-hybridized carbons (Fsp3) is 0.500. The van der Waals surface area contributed by atoms with Gasteiger partial charge in [-0.25, -0.2) is 0 Å². The normalized spacial score (nSPS) is 24.3. The smallest absolute Gasteiger partial charge is 0.255 e. The maximum Gasteiger partial charge on any atom is 0.255 e. The van der Waals surface area contributed by atoms with Gasteiger partial charge in [-0.3, -0.25) is 4.79 Å². The molecule has 1 aromatic carbocycles. The van der Waals surface area contributed by atoms with Crippen LogP contribution in [0.2, 0.25) is 5.02 Å². The van der Waals surface area contributed by atoms with Crippen molar-refractivity contribution >= 4 is 23.2 Å². The van der Waals surface area contributed by atoms with E-state index < -0.39 is 6.10 Å². The van der Waals surface area contributed by atoms with Gasteiger partial charge in [-0.1, -0.05) is 11.6 Å². The number of ether oxygens (including phenoxy) is 1. The van der Waals surface area contributed by atoms with E-state index in [4.69, 9.17) is 22.1 Å². The van der Waals surface area contributed by atoms with E-state index in [1.165, 1.54) is 6.07 Å². The molecule has 21 heavy (non-hydrogen) atoms. The van der Waals surface area contributed by atoms with Crippen LogP contribution in [0.15, 0.2) is 6.07 Å². The lowest BCUT2D eigenvalue weighted by atomic mass is 10.0. The first kappa shape index (κ1) is 14.4. The van der Waals surface area contributed by atoms with Gasteiger partial charge in [0.25, 0.3) is 5.91 Å². The van der Waals surface area contributed by atoms with Gasteiger partial charge >= 0.3 is 0 Å². The monoisotopic (exact) mass is 311 g/mol. The predicted octanol–water partition coefficient (Wildman–Crippen LogP) is 0.310. The molecule has 5 N–H and O–H groups in total. The fourth-order valence-corrected chi connectivity index (χ4v) is 3.02. The number of nitrogens with two attached hydrogens (primary N) is 1. The standard InChI is InChI=1S/C14H18ClN3O3/c15-9-5-8(13-7(12(9)16)2-4-21-13)14(20)18-10-1-3-17-6-11(10)19/h5,10-11,17,19H,1-4,6,16H2,(H,18,20)/t10-,11+/m1/s1. The van der Waals surface area contributed by atoms with Crippen LogP contribution in [0.3, 0.4) is 0 Å². The number of halogens is 1. The number of hydrogen-bond acceptors (Lipinski definition) is 5. The molecule has 0 spiro atoms. The third-order valence-corrected chi connectivity index (χ3v) is 4.29. The van der Waals surface area contributed by atoms with Gasteiger partial charge in [-0.15, -0.1) is 0 Å². The quantitative estimate of drug-likeness (QED) is 0.590. The lowest BCUT2D eigenvalue weighted by Gasteiger charge is -2.29. The van der Waals surface area contributed by atoms with Crippen LogP contribution < -0.4 is 21.1 Å². The average Bonchev–Trinajstić information content (AvgIpc) is 2.95. The van der Waals surface area contributed by atoms with Crippen LogP contribution in [-0.2, 0) is 6.42 Å². The number of amides is 1. The van der Waals surface area contributed by atoms with E-state index >= 15 is 0 Å². The summed E-state index contributed by atoms with van der Waals surface area (Å²) in [5, 5.41) is 16.2. The molecule has 1 amide bonds. The lowest BCUT2D eigenvalue weighted by molar-refractivity contribution is 0.0763. The Bertz CT molecular complexity index is 579. The van der Waals surface area contributed by atoms with Crippen molar-refractivity contribution in [2.75, 3.05) is 25.4 Å². The number of carbonyl (C=O) groups excluding carboxylic acids is 1. The number of anilines is 1. The zero-order valence-electron chi connectivity index (χ0n) is 11.5. The molecule has 2 atom stereocenters. The number of carbonyl (C=O) groups is 1. The molecule has 1 saturated heterocycles. The van der Waals surface area contributed by atoms with Crippen LogP contribution in [-0.4, -0.2) is 42.9 Å². The van der Waals surface area contributed by atoms with Gasteiger partial charge in [-0.2, -0.15) is 0 Å². The van der Waals surface area contributed by atoms with Gasteiger partial charge in [0.15, 0.2) is 0 Å². The summed E-state index contributed by atoms with van der Waals surface area (Å²) in [5.74, 6) is 0.221. The zero-order chi connectivity index (χ0) is 15.0. The van der Waals surface area contributed by atoms with Gasteiger partial charge in [0.1, 0.15) is 5.75 Å². The molecule has 6 nitrogen and oxygen atoms in total. The molecule has 0 aliphatic carbocycles. The Kier molecular flexibility index (Phi) is 3.93. The second kappa shape index (κ2) is 5.71. The molecule has 0 unspecified atom stereocenters. The van der Waals surface area contributed by atoms with Crippen LogP contribution in [0.4, 0.5) is 5.69 Å². The highest BCUT2D eigenvalue weighted by Gasteiger charge is 2.29. The summed E-state index contributed by atoms with van der Waals surface area (Å²) in [5.41, 5.74) is 7.56. The molecule has 0 aromatic heterocycles. The summed E-state index contributed by atoms with van der Waals surface area (Å²) >= 11 is 6.09. The summed E-state index contributed by atoms with van der Waals surface area (Å²) in [6.45, 7) is 1.73. The Morgan fingerprint density at radius 3 is 3.14 bits per heavy atom. The van der Waals surface area contributed by atoms with Gasteiger partial charge < -0.3 is 26.2 Å². The summed E-state index contributed by atoms with van der Waals surface area (Å²) in [7, 11) is 0. The number of fused-ring (bicyclic) bond motifs is 1. The molecule has 0 radical (unpaired) electrons. The Morgan fingerprint density at radius 2 is 2.38 bits per heavy atom. The highest BCUT2D eigenvalue weighted by Crippen LogP contribution is 2.38. The number of aliphatic hydroxyl groups is 1. The van der Waals surface area contributed by atoms with Crippen molar-refractivity contribution in [3.05, 3.63) is 22.2 Å². The fourth-order valence-electron chi connectivity index (χ4n) is 2.79. The van der Waals surface area contributed by atoms with Crippen molar-refractivity contribution in [2.24, 2.45) is 0 Å². The highest BCUT2D eigenvalue weighted by atomic mass is 35.5. The maximum absolute atomic E-state index is 12.5. The number of nitrogen functional groups attached to an aromatic ring is 1. The first-order valence-corrected chi connectivity index (χ1v) is 7.39. The van der Waals surface area contributed by atoms with Crippen LogP contribution in [0.5, 0.6) is 5.75 Å². The summed E-state index contributed by atoms with van der Waals surface area (Å²) in [6, 6.07) is 1.26. The van der Waals surface area contributed by atoms with E-state index in [1.807, 2.05) is 0 Å². The number of nitrogens with one attached hydrogen (secondary N) is 2. The predicted molar refractivity (Wildman–Crippen MR) is 79.8 cm³/mol. The molecule has 1 aromatic rings. The molecular weight excluding hydrogens is 294 g/mol. The third kappa shape index (κ3) is 2.66. The van der Waals surface area contributed by atoms with Crippen LogP contribution in [0.25, 0.3) is 0 Å². The van der Waals surface area contributed by atoms with Gasteiger partial charge in [0.05, 0.1) is 35.0 Å². The van der Waals surface area contributed by atoms with Crippen LogP contribution in [0, 0.1) is 0 Å². The topological polar surface area (TPSA) is 96.6 Å². The Labute approximate surface area is 127 Å². The molecule has 2 aliphatic rings. The van der Waals surface area contributed by atoms with Crippen molar-refractivity contribution < 1.29 is 14.6 Å². The maximum atomic E-state index is 12.5. The van der Waals surface area contributed by atoms with Crippen molar-refractivity contribution in [2.45, 2.75) is 25.0 Å². The number of hydrogen-bond donors (Lipinski definition) is 4. The number of rotatable bonds is 2. The number of aliphatic hydroxyl groups excluding tert-OH is 1. The minimum atomic E-state index is -0.596. The molecule has 114 valence electrons. The third-order valence-electron chi connectivity index (χ3n) is 3.98. The Balaban J connectivity index is 1.85. The highest BCUT2D eigenvalue weighted by molar-refractivity contribution is 6.33. The SMILES string of the molecule is Nc1c(Cl)cc(C(=O)N[C@@H]2CCNC[C@@H]2O)c2c1CCO2. The zero-order valence-corrected chi connectivity index (χ0v) is 12.2. The Morgan fingerprint density at radius 1 is 1.57 bits per heavy atom. The van der Waals surface area contributed by atoms with E-state index in [2.05, 4.69) is 10.6 Å². The van der Waals surface area contributed by atoms with Crippen LogP contribution >= 0.6 is 11.6 Å². The molecule has 1 fully saturated rings. The van der Waals surface area contributed by atoms with E-state index in [-0.39, 0.29) is 11.9 Å². The molecule has 0 saturated carbocycles. The molecule has 7 heteroatoms. The van der Waals surface area contributed by atoms with Crippen molar-refractivity contribution in [3.63, 3.8) is 0 Å². The number of piperidine rings is 1. The molecule has 0 bridgehead atoms. The van der Waals surface area contributed by atoms with Gasteiger partial charge in [-0.05, 0) is 19.0 Å². The minimum absolute atomic E-state index is 0.271. The minimum Gasteiger partial charge on any atom is -0.492 e. The largest absolute Gasteiger partial charge is 0.492 e. The number of benzene rings is 1. The molecule has 3 rings (SSSR count). The van der Waals surface area contributed by atoms with Crippen molar-refractivity contribution in [1.82, 2.24) is 10.6 Å². The van der Waals surface area contributed by atoms with Gasteiger partial charge in [0.2, 0.25) is 0 Å². The average molecular weight is 312 g/mol. The van der Waals surface area contributed by atoms with E-state index in [0.29, 0.717) is 48.0 Å². The van der Waals surface area contributed by atoms with Gasteiger partial charge in [0, 0.05) is 18.5 Å². The van der Waals surface area contributed by atoms with E-state index in [0.717, 1.165) is 12.1 Å². The summed E-state index contributed by atoms with van der Waals surface area (Å²) in [6.07, 6.45) is 0.734.